The summed E-state index contributed by atoms with van der Waals surface area (Å²) in [6, 6.07) is 12.3. The monoisotopic (exact) mass is 288 g/mol. The Balaban J connectivity index is 1.67. The lowest BCUT2D eigenvalue weighted by atomic mass is 10.0. The summed E-state index contributed by atoms with van der Waals surface area (Å²) < 4.78 is 0. The lowest BCUT2D eigenvalue weighted by Crippen LogP contribution is -2.47. The lowest BCUT2D eigenvalue weighted by Gasteiger charge is -2.36. The van der Waals surface area contributed by atoms with Crippen LogP contribution in [0.15, 0.2) is 30.3 Å². The van der Waals surface area contributed by atoms with Gasteiger partial charge in [-0.25, -0.2) is 0 Å². The van der Waals surface area contributed by atoms with Gasteiger partial charge in [0.1, 0.15) is 0 Å². The molecule has 2 nitrogen and oxygen atoms in total. The number of benzene rings is 1. The maximum Gasteiger partial charge on any atom is 0.0220 e. The number of unbranched alkanes of at least 4 members (excludes halogenated alkanes) is 1. The normalized spacial score (nSPS) is 20.0. The van der Waals surface area contributed by atoms with Crippen LogP contribution < -0.4 is 5.32 Å². The van der Waals surface area contributed by atoms with E-state index in [0.29, 0.717) is 6.04 Å². The highest BCUT2D eigenvalue weighted by atomic mass is 15.2. The van der Waals surface area contributed by atoms with E-state index < -0.39 is 0 Å². The summed E-state index contributed by atoms with van der Waals surface area (Å²) in [7, 11) is 0. The highest BCUT2D eigenvalue weighted by Crippen LogP contribution is 2.17. The van der Waals surface area contributed by atoms with E-state index in [9.17, 15) is 0 Å². The maximum absolute atomic E-state index is 3.62. The molecule has 0 bridgehead atoms. The van der Waals surface area contributed by atoms with Gasteiger partial charge in [0.15, 0.2) is 0 Å². The number of nitrogens with zero attached hydrogens (tertiary/aromatic N) is 1. The molecular weight excluding hydrogens is 256 g/mol. The van der Waals surface area contributed by atoms with Crippen molar-refractivity contribution >= 4 is 0 Å². The number of likely N-dealkylation sites (tertiary alicyclic amines) is 1. The first-order valence-corrected chi connectivity index (χ1v) is 8.77. The topological polar surface area (TPSA) is 15.3 Å². The van der Waals surface area contributed by atoms with Gasteiger partial charge in [-0.05, 0) is 50.8 Å². The van der Waals surface area contributed by atoms with Gasteiger partial charge in [-0.15, -0.1) is 0 Å². The molecule has 1 atom stereocenters. The number of nitrogens with one attached hydrogen (secondary N) is 1. The molecule has 2 rings (SSSR count). The summed E-state index contributed by atoms with van der Waals surface area (Å²) in [5.74, 6) is 0. The molecule has 21 heavy (non-hydrogen) atoms. The summed E-state index contributed by atoms with van der Waals surface area (Å²) in [5, 5.41) is 3.62. The molecule has 0 aromatic heterocycles. The highest BCUT2D eigenvalue weighted by molar-refractivity contribution is 5.14. The zero-order chi connectivity index (χ0) is 14.9. The van der Waals surface area contributed by atoms with Crippen molar-refractivity contribution in [2.24, 2.45) is 0 Å². The van der Waals surface area contributed by atoms with Gasteiger partial charge in [0.05, 0.1) is 0 Å². The van der Waals surface area contributed by atoms with Crippen LogP contribution in [0.25, 0.3) is 0 Å². The van der Waals surface area contributed by atoms with Crippen LogP contribution in [0.4, 0.5) is 0 Å². The van der Waals surface area contributed by atoms with Crippen LogP contribution in [0, 0.1) is 0 Å². The second-order valence-electron chi connectivity index (χ2n) is 6.69. The summed E-state index contributed by atoms with van der Waals surface area (Å²) in [4.78, 5) is 2.73. The molecule has 2 heteroatoms. The average Bonchev–Trinajstić information content (AvgIpc) is 2.51. The van der Waals surface area contributed by atoms with Gasteiger partial charge in [0, 0.05) is 18.6 Å². The van der Waals surface area contributed by atoms with Crippen LogP contribution in [0.2, 0.25) is 0 Å². The summed E-state index contributed by atoms with van der Waals surface area (Å²) >= 11 is 0. The zero-order valence-corrected chi connectivity index (χ0v) is 13.9. The van der Waals surface area contributed by atoms with E-state index in [4.69, 9.17) is 0 Å². The van der Waals surface area contributed by atoms with E-state index in [-0.39, 0.29) is 0 Å². The third-order valence-corrected chi connectivity index (χ3v) is 4.51. The number of piperidine rings is 1. The average molecular weight is 288 g/mol. The lowest BCUT2D eigenvalue weighted by molar-refractivity contribution is 0.141. The Hall–Kier alpha value is -0.860. The van der Waals surface area contributed by atoms with E-state index in [1.807, 2.05) is 0 Å². The number of rotatable bonds is 8. The van der Waals surface area contributed by atoms with Crippen LogP contribution in [0.1, 0.15) is 51.5 Å². The minimum absolute atomic E-state index is 0.604. The fraction of sp³-hybridized carbons (Fsp3) is 0.684. The molecule has 118 valence electrons. The highest BCUT2D eigenvalue weighted by Gasteiger charge is 2.21. The molecule has 1 aromatic rings. The van der Waals surface area contributed by atoms with Crippen molar-refractivity contribution in [3.8, 4) is 0 Å². The molecule has 0 spiro atoms. The van der Waals surface area contributed by atoms with E-state index in [0.717, 1.165) is 12.6 Å². The first-order chi connectivity index (χ1) is 10.3. The van der Waals surface area contributed by atoms with E-state index in [1.165, 1.54) is 57.2 Å². The Morgan fingerprint density at radius 2 is 1.95 bits per heavy atom. The van der Waals surface area contributed by atoms with Crippen molar-refractivity contribution in [1.29, 1.82) is 0 Å². The Morgan fingerprint density at radius 3 is 2.71 bits per heavy atom. The summed E-state index contributed by atoms with van der Waals surface area (Å²) in [5.41, 5.74) is 1.48. The summed E-state index contributed by atoms with van der Waals surface area (Å²) in [6.07, 6.45) is 8.03. The van der Waals surface area contributed by atoms with E-state index in [1.54, 1.807) is 0 Å². The van der Waals surface area contributed by atoms with Crippen molar-refractivity contribution < 1.29 is 0 Å². The molecular formula is C19H32N2. The molecule has 1 heterocycles. The maximum atomic E-state index is 3.62. The standard InChI is InChI=1S/C19H32N2/c1-17(2)20-16-19-13-7-9-15-21(19)14-8-6-12-18-10-4-3-5-11-18/h3-5,10-11,17,19-20H,6-9,12-16H2,1-2H3. The van der Waals surface area contributed by atoms with E-state index >= 15 is 0 Å². The third-order valence-electron chi connectivity index (χ3n) is 4.51. The first-order valence-electron chi connectivity index (χ1n) is 8.77. The second kappa shape index (κ2) is 9.22. The Morgan fingerprint density at radius 1 is 1.14 bits per heavy atom. The van der Waals surface area contributed by atoms with Crippen molar-refractivity contribution in [3.05, 3.63) is 35.9 Å². The van der Waals surface area contributed by atoms with E-state index in [2.05, 4.69) is 54.4 Å². The largest absolute Gasteiger partial charge is 0.313 e. The van der Waals surface area contributed by atoms with Crippen LogP contribution in [0.5, 0.6) is 0 Å². The number of hydrogen-bond donors (Lipinski definition) is 1. The van der Waals surface area contributed by atoms with Gasteiger partial charge < -0.3 is 5.32 Å². The minimum Gasteiger partial charge on any atom is -0.313 e. The molecule has 0 radical (unpaired) electrons. The van der Waals surface area contributed by atoms with Crippen LogP contribution in [0.3, 0.4) is 0 Å². The van der Waals surface area contributed by atoms with Crippen molar-refractivity contribution in [1.82, 2.24) is 10.2 Å². The number of aryl methyl sites for hydroxylation is 1. The molecule has 1 aliphatic heterocycles. The molecule has 0 saturated carbocycles. The third kappa shape index (κ3) is 6.19. The predicted octanol–water partition coefficient (Wildman–Crippen LogP) is 3.86. The molecule has 0 aliphatic carbocycles. The zero-order valence-electron chi connectivity index (χ0n) is 13.9. The predicted molar refractivity (Wildman–Crippen MR) is 91.7 cm³/mol. The van der Waals surface area contributed by atoms with Crippen molar-refractivity contribution in [2.45, 2.75) is 64.5 Å². The Kier molecular flexibility index (Phi) is 7.25. The molecule has 1 saturated heterocycles. The quantitative estimate of drug-likeness (QED) is 0.731. The van der Waals surface area contributed by atoms with Gasteiger partial charge in [-0.1, -0.05) is 50.6 Å². The Labute approximate surface area is 130 Å². The van der Waals surface area contributed by atoms with Gasteiger partial charge in [-0.2, -0.15) is 0 Å². The fourth-order valence-corrected chi connectivity index (χ4v) is 3.25. The fourth-order valence-electron chi connectivity index (χ4n) is 3.25. The molecule has 1 aliphatic rings. The molecule has 1 fully saturated rings. The molecule has 1 N–H and O–H groups in total. The van der Waals surface area contributed by atoms with Gasteiger partial charge in [0.2, 0.25) is 0 Å². The van der Waals surface area contributed by atoms with Gasteiger partial charge in [0.25, 0.3) is 0 Å². The van der Waals surface area contributed by atoms with Crippen LogP contribution in [-0.2, 0) is 6.42 Å². The van der Waals surface area contributed by atoms with Crippen LogP contribution >= 0.6 is 0 Å². The van der Waals surface area contributed by atoms with Gasteiger partial charge in [-0.3, -0.25) is 4.90 Å². The molecule has 1 aromatic carbocycles. The minimum atomic E-state index is 0.604. The smallest absolute Gasteiger partial charge is 0.0220 e. The van der Waals surface area contributed by atoms with Gasteiger partial charge >= 0.3 is 0 Å². The van der Waals surface area contributed by atoms with Crippen LogP contribution in [-0.4, -0.2) is 36.6 Å². The van der Waals surface area contributed by atoms with Crippen molar-refractivity contribution in [2.75, 3.05) is 19.6 Å². The van der Waals surface area contributed by atoms with Crippen molar-refractivity contribution in [3.63, 3.8) is 0 Å². The summed E-state index contributed by atoms with van der Waals surface area (Å²) in [6.45, 7) is 8.23. The SMILES string of the molecule is CC(C)NCC1CCCCN1CCCCc1ccccc1. The molecule has 0 amide bonds. The Bertz CT molecular complexity index is 374. The molecule has 1 unspecified atom stereocenters. The first kappa shape index (κ1) is 16.5. The second-order valence-corrected chi connectivity index (χ2v) is 6.69. The number of hydrogen-bond acceptors (Lipinski definition) is 2.